The highest BCUT2D eigenvalue weighted by Crippen LogP contribution is 2.43. The van der Waals surface area contributed by atoms with E-state index >= 15 is 0 Å². The van der Waals surface area contributed by atoms with E-state index in [1.54, 1.807) is 16.4 Å². The highest BCUT2D eigenvalue weighted by molar-refractivity contribution is 7.92. The van der Waals surface area contributed by atoms with Crippen molar-refractivity contribution < 1.29 is 8.42 Å². The Hall–Kier alpha value is -2.85. The van der Waals surface area contributed by atoms with E-state index in [1.165, 1.54) is 11.1 Å². The molecule has 3 nitrogen and oxygen atoms in total. The molecule has 0 spiro atoms. The van der Waals surface area contributed by atoms with E-state index in [1.807, 2.05) is 37.3 Å². The van der Waals surface area contributed by atoms with Gasteiger partial charge in [0.15, 0.2) is 0 Å². The first-order valence-corrected chi connectivity index (χ1v) is 12.4. The summed E-state index contributed by atoms with van der Waals surface area (Å²) in [6, 6.07) is 25.6. The molecule has 4 heteroatoms. The largest absolute Gasteiger partial charge is 0.264 e. The van der Waals surface area contributed by atoms with Gasteiger partial charge in [0.2, 0.25) is 0 Å². The molecule has 2 atom stereocenters. The summed E-state index contributed by atoms with van der Waals surface area (Å²) < 4.78 is 29.2. The second-order valence-electron chi connectivity index (χ2n) is 8.62. The minimum absolute atomic E-state index is 0.138. The van der Waals surface area contributed by atoms with Crippen LogP contribution in [0.15, 0.2) is 95.4 Å². The zero-order valence-electron chi connectivity index (χ0n) is 17.7. The Morgan fingerprint density at radius 3 is 2.29 bits per heavy atom. The van der Waals surface area contributed by atoms with Gasteiger partial charge in [-0.2, -0.15) is 0 Å². The van der Waals surface area contributed by atoms with Gasteiger partial charge in [0, 0.05) is 0 Å². The lowest BCUT2D eigenvalue weighted by Crippen LogP contribution is -2.39. The van der Waals surface area contributed by atoms with Gasteiger partial charge in [-0.05, 0) is 67.9 Å². The van der Waals surface area contributed by atoms with Crippen LogP contribution in [0.5, 0.6) is 0 Å². The number of fused-ring (bicyclic) bond motifs is 1. The van der Waals surface area contributed by atoms with E-state index in [4.69, 9.17) is 0 Å². The quantitative estimate of drug-likeness (QED) is 0.476. The SMILES string of the molecule is Cc1ccc(S(=O)(=O)N2c3ccccc3CC2C2=CCC(c3ccccc3)CC2)cc1. The number of nitrogens with zero attached hydrogens (tertiary/aromatic N) is 1. The molecule has 31 heavy (non-hydrogen) atoms. The van der Waals surface area contributed by atoms with Crippen LogP contribution in [0, 0.1) is 6.92 Å². The summed E-state index contributed by atoms with van der Waals surface area (Å²) in [6.45, 7) is 1.97. The fourth-order valence-corrected chi connectivity index (χ4v) is 6.63. The van der Waals surface area contributed by atoms with Crippen LogP contribution in [0.4, 0.5) is 5.69 Å². The third-order valence-corrected chi connectivity index (χ3v) is 8.49. The number of aryl methyl sites for hydroxylation is 1. The lowest BCUT2D eigenvalue weighted by Gasteiger charge is -2.32. The second kappa shape index (κ2) is 8.01. The van der Waals surface area contributed by atoms with Crippen molar-refractivity contribution >= 4 is 15.7 Å². The van der Waals surface area contributed by atoms with Crippen molar-refractivity contribution in [3.05, 3.63) is 107 Å². The third-order valence-electron chi connectivity index (χ3n) is 6.65. The molecule has 0 amide bonds. The molecular weight excluding hydrogens is 402 g/mol. The first kappa shape index (κ1) is 20.1. The van der Waals surface area contributed by atoms with Crippen LogP contribution in [0.3, 0.4) is 0 Å². The van der Waals surface area contributed by atoms with E-state index in [0.29, 0.717) is 10.8 Å². The average Bonchev–Trinajstić information content (AvgIpc) is 3.21. The van der Waals surface area contributed by atoms with Crippen LogP contribution in [-0.2, 0) is 16.4 Å². The van der Waals surface area contributed by atoms with Crippen molar-refractivity contribution in [1.29, 1.82) is 0 Å². The van der Waals surface area contributed by atoms with Crippen molar-refractivity contribution in [2.75, 3.05) is 4.31 Å². The number of rotatable bonds is 4. The molecule has 0 saturated heterocycles. The van der Waals surface area contributed by atoms with Crippen LogP contribution < -0.4 is 4.31 Å². The maximum Gasteiger partial charge on any atom is 0.264 e. The first-order chi connectivity index (χ1) is 15.0. The number of hydrogen-bond acceptors (Lipinski definition) is 2. The van der Waals surface area contributed by atoms with Crippen molar-refractivity contribution in [2.24, 2.45) is 0 Å². The van der Waals surface area contributed by atoms with Gasteiger partial charge >= 0.3 is 0 Å². The molecule has 158 valence electrons. The molecule has 3 aromatic carbocycles. The molecular formula is C27H27NO2S. The number of allylic oxidation sites excluding steroid dienone is 1. The first-order valence-electron chi connectivity index (χ1n) is 11.0. The van der Waals surface area contributed by atoms with Crippen molar-refractivity contribution in [3.63, 3.8) is 0 Å². The number of para-hydroxylation sites is 1. The van der Waals surface area contributed by atoms with E-state index in [-0.39, 0.29) is 6.04 Å². The predicted octanol–water partition coefficient (Wildman–Crippen LogP) is 6.01. The molecule has 0 saturated carbocycles. The molecule has 3 aromatic rings. The normalized spacial score (nSPS) is 20.9. The van der Waals surface area contributed by atoms with E-state index in [0.717, 1.165) is 42.5 Å². The lowest BCUT2D eigenvalue weighted by atomic mass is 9.82. The Bertz CT molecular complexity index is 1210. The monoisotopic (exact) mass is 429 g/mol. The van der Waals surface area contributed by atoms with Crippen LogP contribution >= 0.6 is 0 Å². The summed E-state index contributed by atoms with van der Waals surface area (Å²) in [7, 11) is -3.64. The number of anilines is 1. The molecule has 0 bridgehead atoms. The maximum atomic E-state index is 13.7. The molecule has 2 unspecified atom stereocenters. The van der Waals surface area contributed by atoms with E-state index in [2.05, 4.69) is 42.5 Å². The Labute approximate surface area is 185 Å². The van der Waals surface area contributed by atoms with Gasteiger partial charge in [-0.1, -0.05) is 77.9 Å². The molecule has 5 rings (SSSR count). The Morgan fingerprint density at radius 1 is 0.871 bits per heavy atom. The van der Waals surface area contributed by atoms with Crippen LogP contribution in [0.25, 0.3) is 0 Å². The van der Waals surface area contributed by atoms with E-state index in [9.17, 15) is 8.42 Å². The minimum atomic E-state index is -3.64. The summed E-state index contributed by atoms with van der Waals surface area (Å²) in [5.41, 5.74) is 5.60. The standard InChI is InChI=1S/C27H27NO2S/c1-20-11-17-25(18-12-20)31(29,30)28-26-10-6-5-9-24(26)19-27(28)23-15-13-22(14-16-23)21-7-3-2-4-8-21/h2-12,15,17-18,22,27H,13-14,16,19H2,1H3. The van der Waals surface area contributed by atoms with Gasteiger partial charge in [0.1, 0.15) is 0 Å². The van der Waals surface area contributed by atoms with Crippen molar-refractivity contribution in [2.45, 2.75) is 49.5 Å². The van der Waals surface area contributed by atoms with Gasteiger partial charge < -0.3 is 0 Å². The van der Waals surface area contributed by atoms with Gasteiger partial charge in [0.25, 0.3) is 10.0 Å². The summed E-state index contributed by atoms with van der Waals surface area (Å²) in [5.74, 6) is 0.510. The molecule has 2 aliphatic rings. The van der Waals surface area contributed by atoms with Crippen molar-refractivity contribution in [1.82, 2.24) is 0 Å². The van der Waals surface area contributed by atoms with Gasteiger partial charge in [-0.15, -0.1) is 0 Å². The van der Waals surface area contributed by atoms with Crippen molar-refractivity contribution in [3.8, 4) is 0 Å². The Morgan fingerprint density at radius 2 is 1.58 bits per heavy atom. The lowest BCUT2D eigenvalue weighted by molar-refractivity contribution is 0.558. The molecule has 0 N–H and O–H groups in total. The average molecular weight is 430 g/mol. The topological polar surface area (TPSA) is 37.4 Å². The highest BCUT2D eigenvalue weighted by Gasteiger charge is 2.40. The van der Waals surface area contributed by atoms with E-state index < -0.39 is 10.0 Å². The van der Waals surface area contributed by atoms with Crippen LogP contribution in [0.2, 0.25) is 0 Å². The molecule has 1 heterocycles. The van der Waals surface area contributed by atoms with Crippen LogP contribution in [-0.4, -0.2) is 14.5 Å². The molecule has 0 radical (unpaired) electrons. The molecule has 0 fully saturated rings. The summed E-state index contributed by atoms with van der Waals surface area (Å²) >= 11 is 0. The number of hydrogen-bond donors (Lipinski definition) is 0. The molecule has 1 aliphatic heterocycles. The Balaban J connectivity index is 1.50. The van der Waals surface area contributed by atoms with Gasteiger partial charge in [-0.25, -0.2) is 8.42 Å². The predicted molar refractivity (Wildman–Crippen MR) is 126 cm³/mol. The zero-order valence-corrected chi connectivity index (χ0v) is 18.6. The highest BCUT2D eigenvalue weighted by atomic mass is 32.2. The molecule has 0 aromatic heterocycles. The minimum Gasteiger partial charge on any atom is -0.259 e. The second-order valence-corrected chi connectivity index (χ2v) is 10.4. The molecule has 1 aliphatic carbocycles. The zero-order chi connectivity index (χ0) is 21.4. The summed E-state index contributed by atoms with van der Waals surface area (Å²) in [4.78, 5) is 0.360. The third kappa shape index (κ3) is 3.70. The number of sulfonamides is 1. The van der Waals surface area contributed by atoms with Crippen LogP contribution in [0.1, 0.15) is 41.9 Å². The van der Waals surface area contributed by atoms with Gasteiger partial charge in [-0.3, -0.25) is 4.31 Å². The smallest absolute Gasteiger partial charge is 0.259 e. The van der Waals surface area contributed by atoms with Gasteiger partial charge in [0.05, 0.1) is 16.6 Å². The summed E-state index contributed by atoms with van der Waals surface area (Å²) in [5, 5.41) is 0. The Kier molecular flexibility index (Phi) is 5.19. The fraction of sp³-hybridized carbons (Fsp3) is 0.259. The number of benzene rings is 3. The maximum absolute atomic E-state index is 13.7. The fourth-order valence-electron chi connectivity index (χ4n) is 4.95. The summed E-state index contributed by atoms with van der Waals surface area (Å²) in [6.07, 6.45) is 5.99.